The molecule has 31 heavy (non-hydrogen) atoms. The smallest absolute Gasteiger partial charge is 0.408 e. The number of benzene rings is 1. The lowest BCUT2D eigenvalue weighted by Gasteiger charge is -2.47. The standard InChI is InChI=1S/C23H32ClN3O4/c1-23(2,3)27(22(30)31)19-14-16(21(29)26(4)5)9-12-18(19)25-20(28)13-8-15-6-10-17(24)11-7-15/h6-8,10-11,13,16,18-19H,9,12,14H2,1-5H3,(H,25,28)(H,30,31)/b13-8+/t16-,18-,19+/m0/s1. The molecule has 0 bridgehead atoms. The second-order valence-electron chi connectivity index (χ2n) is 9.13. The third-order valence-electron chi connectivity index (χ3n) is 5.49. The van der Waals surface area contributed by atoms with Crippen LogP contribution in [0.2, 0.25) is 5.02 Å². The lowest BCUT2D eigenvalue weighted by Crippen LogP contribution is -2.61. The van der Waals surface area contributed by atoms with Gasteiger partial charge in [0.25, 0.3) is 0 Å². The van der Waals surface area contributed by atoms with Crippen molar-refractivity contribution in [1.29, 1.82) is 0 Å². The molecule has 0 radical (unpaired) electrons. The van der Waals surface area contributed by atoms with Gasteiger partial charge in [-0.3, -0.25) is 14.5 Å². The molecule has 0 unspecified atom stereocenters. The summed E-state index contributed by atoms with van der Waals surface area (Å²) < 4.78 is 0. The van der Waals surface area contributed by atoms with Crippen molar-refractivity contribution in [2.75, 3.05) is 14.1 Å². The molecule has 3 amide bonds. The monoisotopic (exact) mass is 449 g/mol. The molecule has 0 aromatic heterocycles. The van der Waals surface area contributed by atoms with Crippen LogP contribution in [0.1, 0.15) is 45.6 Å². The zero-order chi connectivity index (χ0) is 23.3. The molecule has 2 N–H and O–H groups in total. The molecule has 1 aromatic carbocycles. The summed E-state index contributed by atoms with van der Waals surface area (Å²) in [5.74, 6) is -0.597. The molecule has 2 rings (SSSR count). The third kappa shape index (κ3) is 6.72. The minimum absolute atomic E-state index is 0.0170. The largest absolute Gasteiger partial charge is 0.465 e. The van der Waals surface area contributed by atoms with Crippen LogP contribution in [0.25, 0.3) is 6.08 Å². The number of nitrogens with zero attached hydrogens (tertiary/aromatic N) is 2. The minimum atomic E-state index is -1.06. The molecule has 170 valence electrons. The maximum absolute atomic E-state index is 12.6. The highest BCUT2D eigenvalue weighted by atomic mass is 35.5. The number of nitrogens with one attached hydrogen (secondary N) is 1. The van der Waals surface area contributed by atoms with Gasteiger partial charge in [-0.05, 0) is 63.8 Å². The summed E-state index contributed by atoms with van der Waals surface area (Å²) in [7, 11) is 3.40. The van der Waals surface area contributed by atoms with Crippen molar-refractivity contribution < 1.29 is 19.5 Å². The summed E-state index contributed by atoms with van der Waals surface area (Å²) in [6.45, 7) is 5.45. The van der Waals surface area contributed by atoms with E-state index in [9.17, 15) is 19.5 Å². The zero-order valence-electron chi connectivity index (χ0n) is 18.8. The fraction of sp³-hybridized carbons (Fsp3) is 0.522. The second kappa shape index (κ2) is 10.2. The van der Waals surface area contributed by atoms with Crippen molar-refractivity contribution in [2.45, 2.75) is 57.7 Å². The van der Waals surface area contributed by atoms with Crippen molar-refractivity contribution in [2.24, 2.45) is 5.92 Å². The first-order chi connectivity index (χ1) is 14.4. The van der Waals surface area contributed by atoms with E-state index in [-0.39, 0.29) is 23.8 Å². The van der Waals surface area contributed by atoms with Crippen LogP contribution in [0, 0.1) is 5.92 Å². The predicted molar refractivity (Wildman–Crippen MR) is 122 cm³/mol. The van der Waals surface area contributed by atoms with Crippen molar-refractivity contribution >= 4 is 35.6 Å². The molecule has 0 heterocycles. The summed E-state index contributed by atoms with van der Waals surface area (Å²) in [5.41, 5.74) is 0.153. The number of amides is 3. The molecule has 1 aliphatic rings. The maximum Gasteiger partial charge on any atom is 0.408 e. The molecule has 1 aliphatic carbocycles. The molecular weight excluding hydrogens is 418 g/mol. The van der Waals surface area contributed by atoms with E-state index in [4.69, 9.17) is 11.6 Å². The highest BCUT2D eigenvalue weighted by Crippen LogP contribution is 2.33. The normalized spacial score (nSPS) is 21.5. The molecule has 1 aromatic rings. The lowest BCUT2D eigenvalue weighted by molar-refractivity contribution is -0.135. The van der Waals surface area contributed by atoms with Crippen LogP contribution < -0.4 is 5.32 Å². The van der Waals surface area contributed by atoms with E-state index in [0.717, 1.165) is 5.56 Å². The van der Waals surface area contributed by atoms with Crippen LogP contribution in [0.15, 0.2) is 30.3 Å². The Kier molecular flexibility index (Phi) is 8.12. The lowest BCUT2D eigenvalue weighted by atomic mass is 9.79. The number of carbonyl (C=O) groups is 3. The van der Waals surface area contributed by atoms with Crippen LogP contribution >= 0.6 is 11.6 Å². The molecule has 7 nitrogen and oxygen atoms in total. The molecule has 0 aliphatic heterocycles. The topological polar surface area (TPSA) is 90.0 Å². The average Bonchev–Trinajstić information content (AvgIpc) is 2.66. The molecule has 1 saturated carbocycles. The Morgan fingerprint density at radius 1 is 1.13 bits per heavy atom. The van der Waals surface area contributed by atoms with E-state index in [0.29, 0.717) is 24.3 Å². The van der Waals surface area contributed by atoms with Crippen LogP contribution in [0.4, 0.5) is 4.79 Å². The van der Waals surface area contributed by atoms with Crippen molar-refractivity contribution in [1.82, 2.24) is 15.1 Å². The van der Waals surface area contributed by atoms with Gasteiger partial charge in [0.2, 0.25) is 11.8 Å². The van der Waals surface area contributed by atoms with Gasteiger partial charge in [0.1, 0.15) is 0 Å². The van der Waals surface area contributed by atoms with E-state index in [1.54, 1.807) is 44.4 Å². The summed E-state index contributed by atoms with van der Waals surface area (Å²) in [4.78, 5) is 40.2. The van der Waals surface area contributed by atoms with E-state index >= 15 is 0 Å². The van der Waals surface area contributed by atoms with Crippen LogP contribution in [0.5, 0.6) is 0 Å². The van der Waals surface area contributed by atoms with Crippen molar-refractivity contribution in [3.8, 4) is 0 Å². The first-order valence-electron chi connectivity index (χ1n) is 10.4. The van der Waals surface area contributed by atoms with Gasteiger partial charge in [0, 0.05) is 42.7 Å². The first kappa shape index (κ1) is 24.7. The fourth-order valence-electron chi connectivity index (χ4n) is 4.09. The first-order valence-corrected chi connectivity index (χ1v) is 10.8. The van der Waals surface area contributed by atoms with Gasteiger partial charge in [-0.1, -0.05) is 23.7 Å². The van der Waals surface area contributed by atoms with E-state index in [1.165, 1.54) is 15.9 Å². The number of carbonyl (C=O) groups excluding carboxylic acids is 2. The highest BCUT2D eigenvalue weighted by Gasteiger charge is 2.43. The van der Waals surface area contributed by atoms with E-state index < -0.39 is 17.7 Å². The molecular formula is C23H32ClN3O4. The molecule has 8 heteroatoms. The van der Waals surface area contributed by atoms with Crippen LogP contribution in [-0.2, 0) is 9.59 Å². The number of hydrogen-bond donors (Lipinski definition) is 2. The molecule has 1 fully saturated rings. The molecule has 3 atom stereocenters. The SMILES string of the molecule is CN(C)C(=O)[C@H]1CC[C@H](NC(=O)/C=C/c2ccc(Cl)cc2)[C@H](N(C(=O)O)C(C)(C)C)C1. The fourth-order valence-corrected chi connectivity index (χ4v) is 4.22. The van der Waals surface area contributed by atoms with Crippen LogP contribution in [0.3, 0.4) is 0 Å². The highest BCUT2D eigenvalue weighted by molar-refractivity contribution is 6.30. The molecule has 0 spiro atoms. The summed E-state index contributed by atoms with van der Waals surface area (Å²) in [5, 5.41) is 13.5. The Balaban J connectivity index is 2.21. The second-order valence-corrected chi connectivity index (χ2v) is 9.57. The van der Waals surface area contributed by atoms with Gasteiger partial charge in [-0.2, -0.15) is 0 Å². The van der Waals surface area contributed by atoms with Gasteiger partial charge in [-0.15, -0.1) is 0 Å². The maximum atomic E-state index is 12.6. The Morgan fingerprint density at radius 3 is 2.26 bits per heavy atom. The number of hydrogen-bond acceptors (Lipinski definition) is 3. The van der Waals surface area contributed by atoms with Crippen LogP contribution in [-0.4, -0.2) is 64.5 Å². The Labute approximate surface area is 189 Å². The predicted octanol–water partition coefficient (Wildman–Crippen LogP) is 3.87. The summed E-state index contributed by atoms with van der Waals surface area (Å²) >= 11 is 5.88. The number of halogens is 1. The number of carboxylic acid groups (broad SMARTS) is 1. The Morgan fingerprint density at radius 2 is 1.74 bits per heavy atom. The summed E-state index contributed by atoms with van der Waals surface area (Å²) in [6.07, 6.45) is 3.53. The quantitative estimate of drug-likeness (QED) is 0.667. The Hall–Kier alpha value is -2.54. The van der Waals surface area contributed by atoms with Gasteiger partial charge in [0.05, 0.1) is 6.04 Å². The van der Waals surface area contributed by atoms with Gasteiger partial charge >= 0.3 is 6.09 Å². The minimum Gasteiger partial charge on any atom is -0.465 e. The van der Waals surface area contributed by atoms with Gasteiger partial charge in [-0.25, -0.2) is 4.79 Å². The van der Waals surface area contributed by atoms with E-state index in [2.05, 4.69) is 5.32 Å². The number of rotatable bonds is 5. The average molecular weight is 450 g/mol. The van der Waals surface area contributed by atoms with E-state index in [1.807, 2.05) is 20.8 Å². The van der Waals surface area contributed by atoms with Crippen molar-refractivity contribution in [3.05, 3.63) is 40.9 Å². The summed E-state index contributed by atoms with van der Waals surface area (Å²) in [6, 6.07) is 6.20. The Bertz CT molecular complexity index is 830. The zero-order valence-corrected chi connectivity index (χ0v) is 19.5. The van der Waals surface area contributed by atoms with Gasteiger partial charge < -0.3 is 15.3 Å². The molecule has 0 saturated heterocycles. The van der Waals surface area contributed by atoms with Crippen molar-refractivity contribution in [3.63, 3.8) is 0 Å². The third-order valence-corrected chi connectivity index (χ3v) is 5.74. The van der Waals surface area contributed by atoms with Gasteiger partial charge in [0.15, 0.2) is 0 Å².